The number of nitrogens with zero attached hydrogens (tertiary/aromatic N) is 1. The summed E-state index contributed by atoms with van der Waals surface area (Å²) in [5.74, 6) is 1.11. The number of hydrogen-bond acceptors (Lipinski definition) is 4. The molecule has 1 aromatic heterocycles. The fourth-order valence-corrected chi connectivity index (χ4v) is 3.21. The highest BCUT2D eigenvalue weighted by molar-refractivity contribution is 7.99. The maximum Gasteiger partial charge on any atom is 0.123 e. The summed E-state index contributed by atoms with van der Waals surface area (Å²) in [7, 11) is 1.96. The minimum Gasteiger partial charge on any atom is -0.312 e. The first-order valence-electron chi connectivity index (χ1n) is 6.10. The van der Waals surface area contributed by atoms with Gasteiger partial charge in [-0.15, -0.1) is 23.1 Å². The monoisotopic (exact) mass is 278 g/mol. The van der Waals surface area contributed by atoms with Gasteiger partial charge >= 0.3 is 0 Å². The van der Waals surface area contributed by atoms with Gasteiger partial charge in [0.1, 0.15) is 5.01 Å². The van der Waals surface area contributed by atoms with Gasteiger partial charge in [0.15, 0.2) is 0 Å². The molecule has 0 fully saturated rings. The third-order valence-corrected chi connectivity index (χ3v) is 4.61. The quantitative estimate of drug-likeness (QED) is 0.830. The second kappa shape index (κ2) is 6.36. The first kappa shape index (κ1) is 13.6. The highest BCUT2D eigenvalue weighted by atomic mass is 32.2. The summed E-state index contributed by atoms with van der Waals surface area (Å²) in [4.78, 5) is 6.00. The van der Waals surface area contributed by atoms with Crippen LogP contribution < -0.4 is 5.32 Å². The molecule has 0 saturated carbocycles. The Kier molecular flexibility index (Phi) is 4.80. The van der Waals surface area contributed by atoms with Crippen molar-refractivity contribution in [3.05, 3.63) is 35.3 Å². The van der Waals surface area contributed by atoms with Crippen LogP contribution in [0.1, 0.15) is 25.6 Å². The topological polar surface area (TPSA) is 24.9 Å². The summed E-state index contributed by atoms with van der Waals surface area (Å²) in [6, 6.07) is 8.97. The minimum atomic E-state index is 0.310. The molecule has 1 N–H and O–H groups in total. The molecule has 0 saturated heterocycles. The van der Waals surface area contributed by atoms with Gasteiger partial charge in [0.2, 0.25) is 0 Å². The second-order valence-electron chi connectivity index (χ2n) is 4.05. The van der Waals surface area contributed by atoms with Crippen molar-refractivity contribution >= 4 is 23.1 Å². The molecular weight excluding hydrogens is 260 g/mol. The number of aromatic nitrogens is 1. The summed E-state index contributed by atoms with van der Waals surface area (Å²) in [6.45, 7) is 4.30. The zero-order valence-corrected chi connectivity index (χ0v) is 12.6. The van der Waals surface area contributed by atoms with Crippen LogP contribution in [0.4, 0.5) is 0 Å². The lowest BCUT2D eigenvalue weighted by Crippen LogP contribution is -2.12. The Morgan fingerprint density at radius 2 is 2.06 bits per heavy atom. The van der Waals surface area contributed by atoms with Crippen molar-refractivity contribution in [3.8, 4) is 10.6 Å². The average Bonchev–Trinajstić information content (AvgIpc) is 2.89. The number of rotatable bonds is 5. The lowest BCUT2D eigenvalue weighted by Gasteiger charge is -2.05. The van der Waals surface area contributed by atoms with Crippen LogP contribution in [0.15, 0.2) is 34.5 Å². The maximum absolute atomic E-state index is 4.68. The number of benzene rings is 1. The summed E-state index contributed by atoms with van der Waals surface area (Å²) < 4.78 is 0. The summed E-state index contributed by atoms with van der Waals surface area (Å²) in [5.41, 5.74) is 2.32. The molecule has 2 nitrogen and oxygen atoms in total. The molecule has 0 amide bonds. The fourth-order valence-electron chi connectivity index (χ4n) is 1.63. The molecule has 96 valence electrons. The lowest BCUT2D eigenvalue weighted by atomic mass is 10.2. The molecule has 1 heterocycles. The van der Waals surface area contributed by atoms with Crippen molar-refractivity contribution in [2.75, 3.05) is 12.8 Å². The van der Waals surface area contributed by atoms with Crippen LogP contribution in [0, 0.1) is 0 Å². The van der Waals surface area contributed by atoms with Crippen molar-refractivity contribution in [3.63, 3.8) is 0 Å². The Balaban J connectivity index is 2.18. The third kappa shape index (κ3) is 3.13. The van der Waals surface area contributed by atoms with E-state index in [1.165, 1.54) is 10.5 Å². The van der Waals surface area contributed by atoms with Crippen LogP contribution in [0.25, 0.3) is 10.6 Å². The van der Waals surface area contributed by atoms with E-state index in [1.54, 1.807) is 11.3 Å². The number of hydrogen-bond donors (Lipinski definition) is 1. The van der Waals surface area contributed by atoms with Gasteiger partial charge < -0.3 is 5.32 Å². The van der Waals surface area contributed by atoms with Crippen molar-refractivity contribution in [2.45, 2.75) is 24.8 Å². The van der Waals surface area contributed by atoms with Crippen LogP contribution >= 0.6 is 23.1 Å². The van der Waals surface area contributed by atoms with Crippen molar-refractivity contribution in [2.24, 2.45) is 0 Å². The van der Waals surface area contributed by atoms with E-state index < -0.39 is 0 Å². The Bertz CT molecular complexity index is 491. The zero-order valence-electron chi connectivity index (χ0n) is 10.9. The van der Waals surface area contributed by atoms with Crippen LogP contribution in [0.2, 0.25) is 0 Å². The molecule has 0 spiro atoms. The SMILES string of the molecule is CCSc1ccc(-c2nc(C(C)NC)cs2)cc1. The Hall–Kier alpha value is -0.840. The lowest BCUT2D eigenvalue weighted by molar-refractivity contribution is 0.637. The van der Waals surface area contributed by atoms with E-state index in [4.69, 9.17) is 0 Å². The number of thioether (sulfide) groups is 1. The normalized spacial score (nSPS) is 12.6. The van der Waals surface area contributed by atoms with Gasteiger partial charge in [-0.25, -0.2) is 4.98 Å². The highest BCUT2D eigenvalue weighted by Crippen LogP contribution is 2.28. The van der Waals surface area contributed by atoms with Gasteiger partial charge in [-0.05, 0) is 31.9 Å². The van der Waals surface area contributed by atoms with E-state index in [0.29, 0.717) is 6.04 Å². The Labute approximate surface area is 117 Å². The number of nitrogens with one attached hydrogen (secondary N) is 1. The van der Waals surface area contributed by atoms with Crippen molar-refractivity contribution in [1.82, 2.24) is 10.3 Å². The summed E-state index contributed by atoms with van der Waals surface area (Å²) >= 11 is 3.57. The second-order valence-corrected chi connectivity index (χ2v) is 6.24. The molecule has 0 aliphatic carbocycles. The Morgan fingerprint density at radius 3 is 2.67 bits per heavy atom. The minimum absolute atomic E-state index is 0.310. The molecule has 0 aliphatic rings. The van der Waals surface area contributed by atoms with Crippen LogP contribution in [0.5, 0.6) is 0 Å². The summed E-state index contributed by atoms with van der Waals surface area (Å²) in [6.07, 6.45) is 0. The molecule has 0 aliphatic heterocycles. The fraction of sp³-hybridized carbons (Fsp3) is 0.357. The van der Waals surface area contributed by atoms with E-state index in [9.17, 15) is 0 Å². The van der Waals surface area contributed by atoms with Crippen LogP contribution in [-0.4, -0.2) is 17.8 Å². The zero-order chi connectivity index (χ0) is 13.0. The molecule has 1 atom stereocenters. The molecule has 1 unspecified atom stereocenters. The third-order valence-electron chi connectivity index (χ3n) is 2.81. The van der Waals surface area contributed by atoms with Gasteiger partial charge in [-0.1, -0.05) is 19.1 Å². The largest absolute Gasteiger partial charge is 0.312 e. The van der Waals surface area contributed by atoms with E-state index in [-0.39, 0.29) is 0 Å². The first-order valence-corrected chi connectivity index (χ1v) is 7.97. The standard InChI is InChI=1S/C14H18N2S2/c1-4-17-12-7-5-11(6-8-12)14-16-13(9-18-14)10(2)15-3/h5-10,15H,4H2,1-3H3. The maximum atomic E-state index is 4.68. The molecule has 18 heavy (non-hydrogen) atoms. The van der Waals surface area contributed by atoms with Crippen LogP contribution in [0.3, 0.4) is 0 Å². The van der Waals surface area contributed by atoms with Crippen molar-refractivity contribution in [1.29, 1.82) is 0 Å². The van der Waals surface area contributed by atoms with Gasteiger partial charge in [0, 0.05) is 21.9 Å². The molecule has 4 heteroatoms. The predicted molar refractivity (Wildman–Crippen MR) is 81.4 cm³/mol. The highest BCUT2D eigenvalue weighted by Gasteiger charge is 2.09. The van der Waals surface area contributed by atoms with Gasteiger partial charge in [0.25, 0.3) is 0 Å². The Morgan fingerprint density at radius 1 is 1.33 bits per heavy atom. The summed E-state index contributed by atoms with van der Waals surface area (Å²) in [5, 5.41) is 6.44. The van der Waals surface area contributed by atoms with Gasteiger partial charge in [-0.3, -0.25) is 0 Å². The number of thiazole rings is 1. The van der Waals surface area contributed by atoms with E-state index >= 15 is 0 Å². The molecule has 1 aromatic carbocycles. The van der Waals surface area contributed by atoms with Crippen LogP contribution in [-0.2, 0) is 0 Å². The van der Waals surface area contributed by atoms with E-state index in [1.807, 2.05) is 18.8 Å². The molecule has 0 bridgehead atoms. The molecular formula is C14H18N2S2. The molecule has 2 aromatic rings. The first-order chi connectivity index (χ1) is 8.74. The molecule has 2 rings (SSSR count). The van der Waals surface area contributed by atoms with E-state index in [2.05, 4.69) is 53.8 Å². The average molecular weight is 278 g/mol. The predicted octanol–water partition coefficient (Wildman–Crippen LogP) is 4.20. The van der Waals surface area contributed by atoms with E-state index in [0.717, 1.165) is 16.5 Å². The molecule has 0 radical (unpaired) electrons. The van der Waals surface area contributed by atoms with Gasteiger partial charge in [-0.2, -0.15) is 0 Å². The van der Waals surface area contributed by atoms with Crippen molar-refractivity contribution < 1.29 is 0 Å². The van der Waals surface area contributed by atoms with Gasteiger partial charge in [0.05, 0.1) is 5.69 Å². The smallest absolute Gasteiger partial charge is 0.123 e.